The van der Waals surface area contributed by atoms with Crippen molar-refractivity contribution >= 4 is 16.8 Å². The maximum absolute atomic E-state index is 12.1. The molecule has 1 aliphatic rings. The number of hydrogen-bond donors (Lipinski definition) is 3. The van der Waals surface area contributed by atoms with Gasteiger partial charge in [-0.25, -0.2) is 0 Å². The Morgan fingerprint density at radius 2 is 2.22 bits per heavy atom. The van der Waals surface area contributed by atoms with E-state index in [1.54, 1.807) is 12.4 Å². The fourth-order valence-corrected chi connectivity index (χ4v) is 2.25. The summed E-state index contributed by atoms with van der Waals surface area (Å²) in [5.41, 5.74) is 1.26. The molecule has 1 amide bonds. The molecule has 3 N–H and O–H groups in total. The average molecular weight is 245 g/mol. The van der Waals surface area contributed by atoms with E-state index in [9.17, 15) is 4.79 Å². The molecule has 0 saturated carbocycles. The van der Waals surface area contributed by atoms with Gasteiger partial charge in [0.05, 0.1) is 10.9 Å². The third kappa shape index (κ3) is 2.06. The number of fused-ring (bicyclic) bond motifs is 1. The largest absolute Gasteiger partial charge is 0.348 e. The highest BCUT2D eigenvalue weighted by atomic mass is 16.2. The standard InChI is InChI=1S/C12H15N5O/c18-12(15-8-1-4-13-5-2-8)11-9-7-14-6-3-10(9)16-17-11/h3,6-8,13H,1-2,4-5H2,(H,15,18)(H,16,17). The zero-order valence-corrected chi connectivity index (χ0v) is 9.94. The van der Waals surface area contributed by atoms with Gasteiger partial charge in [-0.05, 0) is 32.0 Å². The van der Waals surface area contributed by atoms with E-state index >= 15 is 0 Å². The lowest BCUT2D eigenvalue weighted by molar-refractivity contribution is 0.0926. The number of carbonyl (C=O) groups excluding carboxylic acids is 1. The summed E-state index contributed by atoms with van der Waals surface area (Å²) in [6, 6.07) is 2.05. The Hall–Kier alpha value is -1.95. The number of aromatic amines is 1. The molecular formula is C12H15N5O. The van der Waals surface area contributed by atoms with Crippen molar-refractivity contribution in [1.82, 2.24) is 25.8 Å². The molecule has 0 atom stereocenters. The highest BCUT2D eigenvalue weighted by Gasteiger charge is 2.19. The molecule has 6 heteroatoms. The quantitative estimate of drug-likeness (QED) is 0.717. The first-order valence-corrected chi connectivity index (χ1v) is 6.14. The number of carbonyl (C=O) groups is 1. The van der Waals surface area contributed by atoms with Crippen LogP contribution in [0.2, 0.25) is 0 Å². The predicted octanol–water partition coefficient (Wildman–Crippen LogP) is 0.440. The topological polar surface area (TPSA) is 82.7 Å². The van der Waals surface area contributed by atoms with Crippen molar-refractivity contribution in [2.24, 2.45) is 0 Å². The monoisotopic (exact) mass is 245 g/mol. The normalized spacial score (nSPS) is 16.9. The lowest BCUT2D eigenvalue weighted by atomic mass is 10.1. The van der Waals surface area contributed by atoms with E-state index in [0.717, 1.165) is 36.8 Å². The summed E-state index contributed by atoms with van der Waals surface area (Å²) < 4.78 is 0. The number of amides is 1. The summed E-state index contributed by atoms with van der Waals surface area (Å²) in [5, 5.41) is 14.0. The van der Waals surface area contributed by atoms with Crippen LogP contribution in [-0.2, 0) is 0 Å². The van der Waals surface area contributed by atoms with E-state index in [1.807, 2.05) is 6.07 Å². The smallest absolute Gasteiger partial charge is 0.272 e. The molecular weight excluding hydrogens is 230 g/mol. The first-order valence-electron chi connectivity index (χ1n) is 6.14. The number of pyridine rings is 1. The summed E-state index contributed by atoms with van der Waals surface area (Å²) in [6.45, 7) is 1.90. The maximum Gasteiger partial charge on any atom is 0.272 e. The SMILES string of the molecule is O=C(NC1CCNCC1)c1n[nH]c2ccncc12. The van der Waals surface area contributed by atoms with Crippen LogP contribution in [0.4, 0.5) is 0 Å². The molecule has 18 heavy (non-hydrogen) atoms. The molecule has 0 bridgehead atoms. The lowest BCUT2D eigenvalue weighted by Crippen LogP contribution is -2.42. The van der Waals surface area contributed by atoms with Gasteiger partial charge >= 0.3 is 0 Å². The van der Waals surface area contributed by atoms with Crippen LogP contribution in [0.15, 0.2) is 18.5 Å². The van der Waals surface area contributed by atoms with Gasteiger partial charge in [0.25, 0.3) is 5.91 Å². The van der Waals surface area contributed by atoms with E-state index < -0.39 is 0 Å². The number of aromatic nitrogens is 3. The molecule has 0 spiro atoms. The zero-order chi connectivity index (χ0) is 12.4. The molecule has 0 unspecified atom stereocenters. The van der Waals surface area contributed by atoms with E-state index in [2.05, 4.69) is 25.8 Å². The summed E-state index contributed by atoms with van der Waals surface area (Å²) in [5.74, 6) is -0.124. The van der Waals surface area contributed by atoms with E-state index in [1.165, 1.54) is 0 Å². The second kappa shape index (κ2) is 4.73. The van der Waals surface area contributed by atoms with Crippen molar-refractivity contribution < 1.29 is 4.79 Å². The van der Waals surface area contributed by atoms with Gasteiger partial charge in [0, 0.05) is 18.4 Å². The van der Waals surface area contributed by atoms with Gasteiger partial charge in [-0.3, -0.25) is 14.9 Å². The fourth-order valence-electron chi connectivity index (χ4n) is 2.25. The number of nitrogens with one attached hydrogen (secondary N) is 3. The van der Waals surface area contributed by atoms with Crippen LogP contribution in [0.5, 0.6) is 0 Å². The highest BCUT2D eigenvalue weighted by Crippen LogP contribution is 2.14. The number of hydrogen-bond acceptors (Lipinski definition) is 4. The van der Waals surface area contributed by atoms with Crippen molar-refractivity contribution in [3.8, 4) is 0 Å². The van der Waals surface area contributed by atoms with Crippen LogP contribution in [0.3, 0.4) is 0 Å². The summed E-state index contributed by atoms with van der Waals surface area (Å²) in [4.78, 5) is 16.2. The van der Waals surface area contributed by atoms with Gasteiger partial charge in [-0.2, -0.15) is 5.10 Å². The molecule has 1 aliphatic heterocycles. The van der Waals surface area contributed by atoms with Crippen molar-refractivity contribution in [1.29, 1.82) is 0 Å². The Morgan fingerprint density at radius 3 is 3.06 bits per heavy atom. The molecule has 0 aliphatic carbocycles. The maximum atomic E-state index is 12.1. The molecule has 1 fully saturated rings. The van der Waals surface area contributed by atoms with E-state index in [-0.39, 0.29) is 11.9 Å². The van der Waals surface area contributed by atoms with Gasteiger partial charge in [0.1, 0.15) is 0 Å². The molecule has 2 aromatic heterocycles. The van der Waals surface area contributed by atoms with E-state index in [0.29, 0.717) is 5.69 Å². The van der Waals surface area contributed by atoms with Gasteiger partial charge in [0.15, 0.2) is 5.69 Å². The summed E-state index contributed by atoms with van der Waals surface area (Å²) >= 11 is 0. The van der Waals surface area contributed by atoms with Crippen molar-refractivity contribution in [3.05, 3.63) is 24.2 Å². The fraction of sp³-hybridized carbons (Fsp3) is 0.417. The van der Waals surface area contributed by atoms with Gasteiger partial charge in [-0.1, -0.05) is 0 Å². The predicted molar refractivity (Wildman–Crippen MR) is 67.2 cm³/mol. The number of rotatable bonds is 2. The second-order valence-corrected chi connectivity index (χ2v) is 4.49. The van der Waals surface area contributed by atoms with Gasteiger partial charge in [0.2, 0.25) is 0 Å². The first kappa shape index (κ1) is 11.2. The minimum atomic E-state index is -0.124. The van der Waals surface area contributed by atoms with Crippen LogP contribution in [0, 0.1) is 0 Å². The Bertz CT molecular complexity index is 558. The lowest BCUT2D eigenvalue weighted by Gasteiger charge is -2.23. The van der Waals surface area contributed by atoms with Crippen molar-refractivity contribution in [2.75, 3.05) is 13.1 Å². The summed E-state index contributed by atoms with van der Waals surface area (Å²) in [6.07, 6.45) is 5.27. The second-order valence-electron chi connectivity index (χ2n) is 4.49. The van der Waals surface area contributed by atoms with Gasteiger partial charge < -0.3 is 10.6 Å². The van der Waals surface area contributed by atoms with Crippen molar-refractivity contribution in [2.45, 2.75) is 18.9 Å². The van der Waals surface area contributed by atoms with Crippen LogP contribution in [0.25, 0.3) is 10.9 Å². The molecule has 1 saturated heterocycles. The molecule has 6 nitrogen and oxygen atoms in total. The minimum absolute atomic E-state index is 0.124. The number of piperidine rings is 1. The minimum Gasteiger partial charge on any atom is -0.348 e. The van der Waals surface area contributed by atoms with Crippen molar-refractivity contribution in [3.63, 3.8) is 0 Å². The van der Waals surface area contributed by atoms with Crippen LogP contribution in [-0.4, -0.2) is 40.2 Å². The molecule has 3 rings (SSSR count). The Balaban J connectivity index is 1.79. The third-order valence-corrected chi connectivity index (χ3v) is 3.25. The molecule has 2 aromatic rings. The first-order chi connectivity index (χ1) is 8.84. The van der Waals surface area contributed by atoms with Crippen LogP contribution >= 0.6 is 0 Å². The number of nitrogens with zero attached hydrogens (tertiary/aromatic N) is 2. The van der Waals surface area contributed by atoms with Crippen LogP contribution in [0.1, 0.15) is 23.3 Å². The molecule has 0 radical (unpaired) electrons. The highest BCUT2D eigenvalue weighted by molar-refractivity contribution is 6.04. The van der Waals surface area contributed by atoms with Crippen LogP contribution < -0.4 is 10.6 Å². The van der Waals surface area contributed by atoms with E-state index in [4.69, 9.17) is 0 Å². The molecule has 3 heterocycles. The average Bonchev–Trinajstić information content (AvgIpc) is 2.84. The zero-order valence-electron chi connectivity index (χ0n) is 9.94. The Kier molecular flexibility index (Phi) is 2.93. The Labute approximate surface area is 104 Å². The van der Waals surface area contributed by atoms with Gasteiger partial charge in [-0.15, -0.1) is 0 Å². The number of H-pyrrole nitrogens is 1. The molecule has 94 valence electrons. The third-order valence-electron chi connectivity index (χ3n) is 3.25. The Morgan fingerprint density at radius 1 is 1.39 bits per heavy atom. The molecule has 0 aromatic carbocycles. The summed E-state index contributed by atoms with van der Waals surface area (Å²) in [7, 11) is 0.